The van der Waals surface area contributed by atoms with Crippen LogP contribution in [-0.4, -0.2) is 37.1 Å². The Labute approximate surface area is 118 Å². The molecule has 0 aliphatic heterocycles. The van der Waals surface area contributed by atoms with Crippen molar-refractivity contribution in [1.29, 1.82) is 0 Å². The van der Waals surface area contributed by atoms with E-state index in [2.05, 4.69) is 9.72 Å². The summed E-state index contributed by atoms with van der Waals surface area (Å²) in [6, 6.07) is 1.60. The molecule has 1 amide bonds. The minimum atomic E-state index is -4.67. The van der Waals surface area contributed by atoms with Gasteiger partial charge in [-0.25, -0.2) is 4.98 Å². The van der Waals surface area contributed by atoms with Crippen molar-refractivity contribution in [2.24, 2.45) is 5.73 Å². The Morgan fingerprint density at radius 2 is 2.00 bits per heavy atom. The van der Waals surface area contributed by atoms with Crippen molar-refractivity contribution in [3.63, 3.8) is 0 Å². The topological polar surface area (TPSA) is 85.5 Å². The average Bonchev–Trinajstić information content (AvgIpc) is 2.42. The lowest BCUT2D eigenvalue weighted by Crippen LogP contribution is -2.33. The van der Waals surface area contributed by atoms with Crippen LogP contribution in [0.25, 0.3) is 0 Å². The zero-order chi connectivity index (χ0) is 16.2. The zero-order valence-corrected chi connectivity index (χ0v) is 11.4. The first-order chi connectivity index (χ1) is 9.70. The number of likely N-dealkylation sites (N-methyl/N-ethyl adjacent to an activating group) is 1. The van der Waals surface area contributed by atoms with Crippen LogP contribution in [0.3, 0.4) is 0 Å². The summed E-state index contributed by atoms with van der Waals surface area (Å²) in [7, 11) is 1.14. The number of hydrogen-bond acceptors (Lipinski definition) is 5. The number of halogens is 3. The number of methoxy groups -OCH3 is 1. The fraction of sp³-hybridized carbons (Fsp3) is 0.417. The fourth-order valence-corrected chi connectivity index (χ4v) is 1.60. The maximum atomic E-state index is 12.7. The van der Waals surface area contributed by atoms with Gasteiger partial charge in [0, 0.05) is 6.54 Å². The lowest BCUT2D eigenvalue weighted by Gasteiger charge is -2.23. The van der Waals surface area contributed by atoms with Gasteiger partial charge >= 0.3 is 12.1 Å². The van der Waals surface area contributed by atoms with E-state index in [9.17, 15) is 22.8 Å². The molecule has 0 radical (unpaired) electrons. The molecular formula is C12H14F3N3O3. The summed E-state index contributed by atoms with van der Waals surface area (Å²) in [6.07, 6.45) is -4.67. The number of pyridine rings is 1. The van der Waals surface area contributed by atoms with Gasteiger partial charge in [0.1, 0.15) is 18.1 Å². The van der Waals surface area contributed by atoms with Gasteiger partial charge < -0.3 is 15.4 Å². The van der Waals surface area contributed by atoms with Crippen molar-refractivity contribution in [3.05, 3.63) is 23.4 Å². The molecule has 116 valence electrons. The Morgan fingerprint density at radius 1 is 1.38 bits per heavy atom. The molecule has 0 spiro atoms. The molecule has 0 aromatic carbocycles. The van der Waals surface area contributed by atoms with Crippen LogP contribution in [0.1, 0.15) is 23.0 Å². The summed E-state index contributed by atoms with van der Waals surface area (Å²) in [5.74, 6) is -1.91. The van der Waals surface area contributed by atoms with Crippen molar-refractivity contribution in [2.45, 2.75) is 13.1 Å². The van der Waals surface area contributed by atoms with Crippen LogP contribution in [0.5, 0.6) is 0 Å². The zero-order valence-electron chi connectivity index (χ0n) is 11.4. The molecule has 9 heteroatoms. The first-order valence-electron chi connectivity index (χ1n) is 5.90. The lowest BCUT2D eigenvalue weighted by molar-refractivity contribution is -0.141. The summed E-state index contributed by atoms with van der Waals surface area (Å²) >= 11 is 0. The van der Waals surface area contributed by atoms with E-state index in [1.807, 2.05) is 0 Å². The van der Waals surface area contributed by atoms with Gasteiger partial charge in [0.2, 0.25) is 0 Å². The molecule has 0 saturated heterocycles. The van der Waals surface area contributed by atoms with Gasteiger partial charge in [-0.1, -0.05) is 0 Å². The van der Waals surface area contributed by atoms with Gasteiger partial charge in [-0.2, -0.15) is 13.2 Å². The third-order valence-electron chi connectivity index (χ3n) is 2.66. The number of nitrogens with two attached hydrogens (primary N) is 1. The maximum absolute atomic E-state index is 12.7. The quantitative estimate of drug-likeness (QED) is 0.826. The van der Waals surface area contributed by atoms with Crippen molar-refractivity contribution in [1.82, 2.24) is 4.98 Å². The predicted molar refractivity (Wildman–Crippen MR) is 67.7 cm³/mol. The van der Waals surface area contributed by atoms with Crippen molar-refractivity contribution < 1.29 is 27.5 Å². The molecule has 0 unspecified atom stereocenters. The van der Waals surface area contributed by atoms with E-state index >= 15 is 0 Å². The molecule has 1 aromatic heterocycles. The monoisotopic (exact) mass is 305 g/mol. The maximum Gasteiger partial charge on any atom is 0.433 e. The molecule has 0 fully saturated rings. The molecule has 1 heterocycles. The molecule has 21 heavy (non-hydrogen) atoms. The fourth-order valence-electron chi connectivity index (χ4n) is 1.60. The highest BCUT2D eigenvalue weighted by molar-refractivity contribution is 5.98. The van der Waals surface area contributed by atoms with E-state index in [0.29, 0.717) is 6.07 Å². The second-order valence-corrected chi connectivity index (χ2v) is 4.02. The van der Waals surface area contributed by atoms with Crippen LogP contribution >= 0.6 is 0 Å². The number of carbonyl (C=O) groups excluding carboxylic acids is 2. The van der Waals surface area contributed by atoms with Crippen LogP contribution < -0.4 is 10.6 Å². The number of rotatable bonds is 5. The SMILES string of the molecule is CCN(CC(=O)OC)c1nc(C(F)(F)F)ccc1C(N)=O. The molecule has 1 aromatic rings. The summed E-state index contributed by atoms with van der Waals surface area (Å²) in [5.41, 5.74) is 3.75. The smallest absolute Gasteiger partial charge is 0.433 e. The van der Waals surface area contributed by atoms with Gasteiger partial charge in [-0.3, -0.25) is 9.59 Å². The standard InChI is InChI=1S/C12H14F3N3O3/c1-3-18(6-9(19)21-2)11-7(10(16)20)4-5-8(17-11)12(13,14)15/h4-5H,3,6H2,1-2H3,(H2,16,20). The number of aromatic nitrogens is 1. The van der Waals surface area contributed by atoms with Crippen molar-refractivity contribution >= 4 is 17.7 Å². The first kappa shape index (κ1) is 16.7. The highest BCUT2D eigenvalue weighted by Gasteiger charge is 2.34. The van der Waals surface area contributed by atoms with E-state index in [0.717, 1.165) is 13.2 Å². The van der Waals surface area contributed by atoms with E-state index in [-0.39, 0.29) is 24.5 Å². The van der Waals surface area contributed by atoms with E-state index < -0.39 is 23.7 Å². The number of nitrogens with zero attached hydrogens (tertiary/aromatic N) is 2. The molecular weight excluding hydrogens is 291 g/mol. The van der Waals surface area contributed by atoms with Gasteiger partial charge in [0.05, 0.1) is 12.7 Å². The van der Waals surface area contributed by atoms with Gasteiger partial charge in [-0.05, 0) is 19.1 Å². The number of carbonyl (C=O) groups is 2. The minimum Gasteiger partial charge on any atom is -0.468 e. The van der Waals surface area contributed by atoms with Gasteiger partial charge in [0.25, 0.3) is 5.91 Å². The number of amides is 1. The third-order valence-corrected chi connectivity index (χ3v) is 2.66. The van der Waals surface area contributed by atoms with Crippen molar-refractivity contribution in [2.75, 3.05) is 25.1 Å². The number of alkyl halides is 3. The number of primary amides is 1. The number of anilines is 1. The minimum absolute atomic E-state index is 0.143. The van der Waals surface area contributed by atoms with E-state index in [1.165, 1.54) is 4.90 Å². The Balaban J connectivity index is 3.33. The van der Waals surface area contributed by atoms with E-state index in [4.69, 9.17) is 5.73 Å². The predicted octanol–water partition coefficient (Wildman–Crippen LogP) is 1.20. The number of esters is 1. The molecule has 6 nitrogen and oxygen atoms in total. The highest BCUT2D eigenvalue weighted by atomic mass is 19.4. The van der Waals surface area contributed by atoms with Crippen LogP contribution in [0.2, 0.25) is 0 Å². The van der Waals surface area contributed by atoms with Crippen LogP contribution in [-0.2, 0) is 15.7 Å². The first-order valence-corrected chi connectivity index (χ1v) is 5.90. The molecule has 1 rings (SSSR count). The molecule has 0 aliphatic carbocycles. The lowest BCUT2D eigenvalue weighted by atomic mass is 10.2. The van der Waals surface area contributed by atoms with Crippen molar-refractivity contribution in [3.8, 4) is 0 Å². The summed E-state index contributed by atoms with van der Waals surface area (Å²) in [4.78, 5) is 27.2. The number of ether oxygens (including phenoxy) is 1. The molecule has 0 aliphatic rings. The Hall–Kier alpha value is -2.32. The largest absolute Gasteiger partial charge is 0.468 e. The Kier molecular flexibility index (Phi) is 5.12. The van der Waals surface area contributed by atoms with Gasteiger partial charge in [0.15, 0.2) is 0 Å². The van der Waals surface area contributed by atoms with Crippen LogP contribution in [0, 0.1) is 0 Å². The normalized spacial score (nSPS) is 11.1. The Bertz CT molecular complexity index is 546. The third kappa shape index (κ3) is 4.07. The van der Waals surface area contributed by atoms with Crippen LogP contribution in [0.15, 0.2) is 12.1 Å². The highest BCUT2D eigenvalue weighted by Crippen LogP contribution is 2.30. The average molecular weight is 305 g/mol. The molecule has 0 bridgehead atoms. The summed E-state index contributed by atoms with van der Waals surface area (Å²) in [6.45, 7) is 1.39. The molecule has 0 saturated carbocycles. The molecule has 2 N–H and O–H groups in total. The molecule has 0 atom stereocenters. The van der Waals surface area contributed by atoms with Gasteiger partial charge in [-0.15, -0.1) is 0 Å². The van der Waals surface area contributed by atoms with Crippen LogP contribution in [0.4, 0.5) is 19.0 Å². The van der Waals surface area contributed by atoms with E-state index in [1.54, 1.807) is 6.92 Å². The summed E-state index contributed by atoms with van der Waals surface area (Å²) in [5, 5.41) is 0. The number of hydrogen-bond donors (Lipinski definition) is 1. The Morgan fingerprint density at radius 3 is 2.43 bits per heavy atom. The second kappa shape index (κ2) is 6.42. The second-order valence-electron chi connectivity index (χ2n) is 4.02. The summed E-state index contributed by atoms with van der Waals surface area (Å²) < 4.78 is 42.6.